The van der Waals surface area contributed by atoms with Gasteiger partial charge in [0.05, 0.1) is 13.1 Å². The maximum Gasteiger partial charge on any atom is 0.410 e. The Morgan fingerprint density at radius 1 is 1.47 bits per heavy atom. The van der Waals surface area contributed by atoms with Crippen molar-refractivity contribution < 1.29 is 9.53 Å². The minimum absolute atomic E-state index is 0.269. The summed E-state index contributed by atoms with van der Waals surface area (Å²) in [7, 11) is 4.05. The SMILES string of the molecule is CN(C)CCNC1=NCCN(C(=O)OC(C)(C)C)C1. The number of amides is 1. The van der Waals surface area contributed by atoms with Gasteiger partial charge in [-0.2, -0.15) is 0 Å². The molecule has 0 saturated carbocycles. The van der Waals surface area contributed by atoms with Crippen LogP contribution in [0, 0.1) is 0 Å². The summed E-state index contributed by atoms with van der Waals surface area (Å²) in [6.07, 6.45) is -0.269. The highest BCUT2D eigenvalue weighted by Gasteiger charge is 2.24. The number of hydrogen-bond donors (Lipinski definition) is 1. The second-order valence-corrected chi connectivity index (χ2v) is 5.96. The summed E-state index contributed by atoms with van der Waals surface area (Å²) >= 11 is 0. The topological polar surface area (TPSA) is 57.2 Å². The molecule has 1 aliphatic heterocycles. The summed E-state index contributed by atoms with van der Waals surface area (Å²) in [6, 6.07) is 0. The standard InChI is InChI=1S/C13H26N4O2/c1-13(2,3)19-12(18)17-9-7-15-11(10-17)14-6-8-16(4)5/h6-10H2,1-5H3,(H,14,15). The minimum Gasteiger partial charge on any atom is -0.444 e. The molecule has 0 aromatic rings. The normalized spacial score (nSPS) is 16.3. The fourth-order valence-electron chi connectivity index (χ4n) is 1.63. The average Bonchev–Trinajstić information content (AvgIpc) is 2.26. The molecule has 0 aromatic heterocycles. The second-order valence-electron chi connectivity index (χ2n) is 5.96. The van der Waals surface area contributed by atoms with Crippen molar-refractivity contribution in [1.82, 2.24) is 15.1 Å². The molecule has 0 saturated heterocycles. The fraction of sp³-hybridized carbons (Fsp3) is 0.846. The maximum absolute atomic E-state index is 12.0. The van der Waals surface area contributed by atoms with Crippen LogP contribution in [0.15, 0.2) is 4.99 Å². The van der Waals surface area contributed by atoms with Crippen LogP contribution in [-0.4, -0.2) is 74.1 Å². The lowest BCUT2D eigenvalue weighted by Gasteiger charge is -2.30. The van der Waals surface area contributed by atoms with Crippen molar-refractivity contribution in [3.05, 3.63) is 0 Å². The van der Waals surface area contributed by atoms with Gasteiger partial charge in [-0.1, -0.05) is 0 Å². The van der Waals surface area contributed by atoms with E-state index in [2.05, 4.69) is 15.2 Å². The van der Waals surface area contributed by atoms with Crippen LogP contribution in [0.3, 0.4) is 0 Å². The molecule has 0 aliphatic carbocycles. The second kappa shape index (κ2) is 6.75. The molecule has 6 nitrogen and oxygen atoms in total. The lowest BCUT2D eigenvalue weighted by molar-refractivity contribution is 0.0276. The molecule has 110 valence electrons. The van der Waals surface area contributed by atoms with Crippen LogP contribution in [0.25, 0.3) is 0 Å². The van der Waals surface area contributed by atoms with Crippen LogP contribution in [0.5, 0.6) is 0 Å². The third kappa shape index (κ3) is 6.42. The molecule has 0 spiro atoms. The third-order valence-corrected chi connectivity index (χ3v) is 2.55. The first kappa shape index (κ1) is 15.8. The Balaban J connectivity index is 2.40. The van der Waals surface area contributed by atoms with Crippen molar-refractivity contribution in [2.45, 2.75) is 26.4 Å². The van der Waals surface area contributed by atoms with Gasteiger partial charge in [0.1, 0.15) is 11.4 Å². The van der Waals surface area contributed by atoms with Gasteiger partial charge >= 0.3 is 6.09 Å². The lowest BCUT2D eigenvalue weighted by Crippen LogP contribution is -2.48. The predicted octanol–water partition coefficient (Wildman–Crippen LogP) is 0.787. The summed E-state index contributed by atoms with van der Waals surface area (Å²) in [5, 5.41) is 3.26. The van der Waals surface area contributed by atoms with E-state index in [1.54, 1.807) is 4.90 Å². The van der Waals surface area contributed by atoms with Crippen LogP contribution >= 0.6 is 0 Å². The van der Waals surface area contributed by atoms with E-state index in [-0.39, 0.29) is 6.09 Å². The molecule has 1 amide bonds. The Labute approximate surface area is 115 Å². The maximum atomic E-state index is 12.0. The number of nitrogens with zero attached hydrogens (tertiary/aromatic N) is 3. The van der Waals surface area contributed by atoms with Crippen molar-refractivity contribution in [1.29, 1.82) is 0 Å². The smallest absolute Gasteiger partial charge is 0.410 e. The third-order valence-electron chi connectivity index (χ3n) is 2.55. The van der Waals surface area contributed by atoms with E-state index in [0.29, 0.717) is 19.6 Å². The van der Waals surface area contributed by atoms with Crippen molar-refractivity contribution >= 4 is 11.9 Å². The van der Waals surface area contributed by atoms with Gasteiger partial charge in [0.25, 0.3) is 0 Å². The Hall–Kier alpha value is -1.30. The molecule has 0 fully saturated rings. The Bertz CT molecular complexity index is 334. The number of hydrogen-bond acceptors (Lipinski definition) is 5. The first-order valence-electron chi connectivity index (χ1n) is 6.68. The van der Waals surface area contributed by atoms with E-state index in [0.717, 1.165) is 18.9 Å². The number of rotatable bonds is 3. The van der Waals surface area contributed by atoms with Crippen LogP contribution in [-0.2, 0) is 4.74 Å². The summed E-state index contributed by atoms with van der Waals surface area (Å²) in [4.78, 5) is 20.1. The molecule has 0 aromatic carbocycles. The van der Waals surface area contributed by atoms with Crippen molar-refractivity contribution in [2.75, 3.05) is 46.8 Å². The first-order chi connectivity index (χ1) is 8.78. The average molecular weight is 270 g/mol. The van der Waals surface area contributed by atoms with E-state index in [4.69, 9.17) is 4.74 Å². The van der Waals surface area contributed by atoms with Gasteiger partial charge in [0.15, 0.2) is 0 Å². The zero-order valence-electron chi connectivity index (χ0n) is 12.7. The van der Waals surface area contributed by atoms with Gasteiger partial charge in [-0.15, -0.1) is 0 Å². The van der Waals surface area contributed by atoms with Crippen molar-refractivity contribution in [3.63, 3.8) is 0 Å². The first-order valence-corrected chi connectivity index (χ1v) is 6.68. The van der Waals surface area contributed by atoms with Crippen molar-refractivity contribution in [2.24, 2.45) is 4.99 Å². The summed E-state index contributed by atoms with van der Waals surface area (Å²) in [6.45, 7) is 9.14. The molecule has 0 bridgehead atoms. The number of carbonyl (C=O) groups is 1. The zero-order chi connectivity index (χ0) is 14.5. The molecule has 19 heavy (non-hydrogen) atoms. The number of carbonyl (C=O) groups excluding carboxylic acids is 1. The number of nitrogens with one attached hydrogen (secondary N) is 1. The largest absolute Gasteiger partial charge is 0.444 e. The highest BCUT2D eigenvalue weighted by molar-refractivity contribution is 5.87. The molecular weight excluding hydrogens is 244 g/mol. The van der Waals surface area contributed by atoms with E-state index in [1.807, 2.05) is 34.9 Å². The molecule has 1 N–H and O–H groups in total. The Morgan fingerprint density at radius 2 is 2.16 bits per heavy atom. The molecule has 0 unspecified atom stereocenters. The van der Waals surface area contributed by atoms with Gasteiger partial charge in [0, 0.05) is 19.6 Å². The number of likely N-dealkylation sites (N-methyl/N-ethyl adjacent to an activating group) is 1. The highest BCUT2D eigenvalue weighted by atomic mass is 16.6. The molecule has 1 rings (SSSR count). The van der Waals surface area contributed by atoms with Crippen molar-refractivity contribution in [3.8, 4) is 0 Å². The van der Waals surface area contributed by atoms with E-state index in [1.165, 1.54) is 0 Å². The van der Waals surface area contributed by atoms with Crippen LogP contribution in [0.2, 0.25) is 0 Å². The van der Waals surface area contributed by atoms with Gasteiger partial charge in [-0.05, 0) is 34.9 Å². The zero-order valence-corrected chi connectivity index (χ0v) is 12.7. The summed E-state index contributed by atoms with van der Waals surface area (Å²) in [5.74, 6) is 0.860. The lowest BCUT2D eigenvalue weighted by atomic mass is 10.2. The van der Waals surface area contributed by atoms with Gasteiger partial charge in [-0.25, -0.2) is 4.79 Å². The quantitative estimate of drug-likeness (QED) is 0.823. The molecule has 0 atom stereocenters. The minimum atomic E-state index is -0.454. The fourth-order valence-corrected chi connectivity index (χ4v) is 1.63. The van der Waals surface area contributed by atoms with Gasteiger partial charge < -0.3 is 15.0 Å². The molecule has 6 heteroatoms. The number of ether oxygens (including phenoxy) is 1. The molecule has 0 radical (unpaired) electrons. The highest BCUT2D eigenvalue weighted by Crippen LogP contribution is 2.10. The van der Waals surface area contributed by atoms with E-state index < -0.39 is 5.60 Å². The predicted molar refractivity (Wildman–Crippen MR) is 76.7 cm³/mol. The molecular formula is C13H26N4O2. The van der Waals surface area contributed by atoms with Gasteiger partial charge in [-0.3, -0.25) is 9.89 Å². The summed E-state index contributed by atoms with van der Waals surface area (Å²) in [5.41, 5.74) is -0.454. The number of aliphatic imine (C=N–C) groups is 1. The van der Waals surface area contributed by atoms with E-state index >= 15 is 0 Å². The van der Waals surface area contributed by atoms with Gasteiger partial charge in [0.2, 0.25) is 0 Å². The monoisotopic (exact) mass is 270 g/mol. The summed E-state index contributed by atoms with van der Waals surface area (Å²) < 4.78 is 5.36. The Morgan fingerprint density at radius 3 is 2.74 bits per heavy atom. The number of amidine groups is 1. The Kier molecular flexibility index (Phi) is 5.60. The van der Waals surface area contributed by atoms with Crippen LogP contribution in [0.4, 0.5) is 4.79 Å². The van der Waals surface area contributed by atoms with E-state index in [9.17, 15) is 4.79 Å². The molecule has 1 aliphatic rings. The van der Waals surface area contributed by atoms with Crippen LogP contribution < -0.4 is 5.32 Å². The van der Waals surface area contributed by atoms with Crippen LogP contribution in [0.1, 0.15) is 20.8 Å². The molecule has 1 heterocycles.